The van der Waals surface area contributed by atoms with Gasteiger partial charge in [0.1, 0.15) is 0 Å². The molecule has 114 valence electrons. The van der Waals surface area contributed by atoms with Crippen molar-refractivity contribution in [3.63, 3.8) is 0 Å². The maximum Gasteiger partial charge on any atom is 0.241 e. The number of nitrogens with one attached hydrogen (secondary N) is 1. The quantitative estimate of drug-likeness (QED) is 0.845. The van der Waals surface area contributed by atoms with Crippen LogP contribution < -0.4 is 4.72 Å². The van der Waals surface area contributed by atoms with E-state index < -0.39 is 10.0 Å². The standard InChI is InChI=1S/C14H23BrN2O2S/c1-11-6-7-13(12(15)8-11)20(18,19)16-9-14(2,3)10-17(4)5/h6-8,16H,9-10H2,1-5H3. The molecule has 4 nitrogen and oxygen atoms in total. The topological polar surface area (TPSA) is 49.4 Å². The van der Waals surface area contributed by atoms with Crippen LogP contribution >= 0.6 is 15.9 Å². The lowest BCUT2D eigenvalue weighted by Crippen LogP contribution is -2.40. The lowest BCUT2D eigenvalue weighted by Gasteiger charge is -2.28. The van der Waals surface area contributed by atoms with Crippen LogP contribution in [0.1, 0.15) is 19.4 Å². The van der Waals surface area contributed by atoms with Crippen molar-refractivity contribution >= 4 is 26.0 Å². The van der Waals surface area contributed by atoms with Gasteiger partial charge in [0.15, 0.2) is 0 Å². The molecule has 0 saturated heterocycles. The Morgan fingerprint density at radius 3 is 2.40 bits per heavy atom. The molecule has 0 radical (unpaired) electrons. The number of hydrogen-bond acceptors (Lipinski definition) is 3. The summed E-state index contributed by atoms with van der Waals surface area (Å²) in [6.45, 7) is 7.21. The van der Waals surface area contributed by atoms with Gasteiger partial charge in [0, 0.05) is 17.6 Å². The molecule has 1 aromatic carbocycles. The summed E-state index contributed by atoms with van der Waals surface area (Å²) in [4.78, 5) is 2.33. The highest BCUT2D eigenvalue weighted by molar-refractivity contribution is 9.10. The molecule has 0 aliphatic carbocycles. The second-order valence-corrected chi connectivity index (χ2v) is 8.75. The molecule has 0 heterocycles. The minimum absolute atomic E-state index is 0.131. The predicted octanol–water partition coefficient (Wildman–Crippen LogP) is 2.62. The zero-order chi connectivity index (χ0) is 15.6. The summed E-state index contributed by atoms with van der Waals surface area (Å²) in [5.41, 5.74) is 0.886. The van der Waals surface area contributed by atoms with E-state index in [1.54, 1.807) is 18.2 Å². The van der Waals surface area contributed by atoms with Crippen LogP contribution in [-0.4, -0.2) is 40.5 Å². The molecule has 0 amide bonds. The maximum atomic E-state index is 12.3. The molecule has 0 atom stereocenters. The van der Waals surface area contributed by atoms with Crippen molar-refractivity contribution in [2.24, 2.45) is 5.41 Å². The van der Waals surface area contributed by atoms with Gasteiger partial charge < -0.3 is 4.90 Å². The molecule has 20 heavy (non-hydrogen) atoms. The fourth-order valence-electron chi connectivity index (χ4n) is 2.10. The van der Waals surface area contributed by atoms with E-state index in [2.05, 4.69) is 25.6 Å². The number of sulfonamides is 1. The zero-order valence-electron chi connectivity index (χ0n) is 12.7. The molecule has 0 unspecified atom stereocenters. The van der Waals surface area contributed by atoms with Crippen LogP contribution in [-0.2, 0) is 10.0 Å². The lowest BCUT2D eigenvalue weighted by atomic mass is 9.93. The van der Waals surface area contributed by atoms with Crippen molar-refractivity contribution in [3.05, 3.63) is 28.2 Å². The Morgan fingerprint density at radius 1 is 1.30 bits per heavy atom. The van der Waals surface area contributed by atoms with Crippen LogP contribution in [0.5, 0.6) is 0 Å². The maximum absolute atomic E-state index is 12.3. The molecule has 0 spiro atoms. The van der Waals surface area contributed by atoms with E-state index in [-0.39, 0.29) is 10.3 Å². The monoisotopic (exact) mass is 362 g/mol. The number of halogens is 1. The highest BCUT2D eigenvalue weighted by Crippen LogP contribution is 2.24. The summed E-state index contributed by atoms with van der Waals surface area (Å²) in [5, 5.41) is 0. The van der Waals surface area contributed by atoms with Gasteiger partial charge in [0.05, 0.1) is 4.90 Å². The van der Waals surface area contributed by atoms with Gasteiger partial charge in [0.25, 0.3) is 0 Å². The van der Waals surface area contributed by atoms with Gasteiger partial charge in [0.2, 0.25) is 10.0 Å². The Balaban J connectivity index is 2.85. The van der Waals surface area contributed by atoms with E-state index >= 15 is 0 Å². The van der Waals surface area contributed by atoms with Gasteiger partial charge in [-0.05, 0) is 60.1 Å². The molecule has 0 aliphatic heterocycles. The Morgan fingerprint density at radius 2 is 1.90 bits per heavy atom. The van der Waals surface area contributed by atoms with Gasteiger partial charge in [-0.3, -0.25) is 0 Å². The molecule has 1 aromatic rings. The molecule has 0 saturated carbocycles. The third-order valence-corrected chi connectivity index (χ3v) is 5.24. The minimum atomic E-state index is -3.49. The van der Waals surface area contributed by atoms with Crippen molar-refractivity contribution in [1.82, 2.24) is 9.62 Å². The van der Waals surface area contributed by atoms with E-state index in [0.29, 0.717) is 11.0 Å². The van der Waals surface area contributed by atoms with Crippen molar-refractivity contribution < 1.29 is 8.42 Å². The van der Waals surface area contributed by atoms with Gasteiger partial charge in [-0.2, -0.15) is 0 Å². The second-order valence-electron chi connectivity index (χ2n) is 6.16. The molecule has 6 heteroatoms. The third kappa shape index (κ3) is 5.16. The molecule has 0 aliphatic rings. The SMILES string of the molecule is Cc1ccc(S(=O)(=O)NCC(C)(C)CN(C)C)c(Br)c1. The molecule has 0 aromatic heterocycles. The first-order valence-corrected chi connectivity index (χ1v) is 8.72. The first-order valence-electron chi connectivity index (χ1n) is 6.44. The van der Waals surface area contributed by atoms with Crippen molar-refractivity contribution in [2.75, 3.05) is 27.2 Å². The number of rotatable bonds is 6. The Kier molecular flexibility index (Phi) is 5.78. The first kappa shape index (κ1) is 17.6. The van der Waals surface area contributed by atoms with Crippen LogP contribution in [0.3, 0.4) is 0 Å². The normalized spacial score (nSPS) is 12.9. The number of hydrogen-bond donors (Lipinski definition) is 1. The molecule has 0 bridgehead atoms. The lowest BCUT2D eigenvalue weighted by molar-refractivity contribution is 0.242. The molecule has 1 rings (SSSR count). The Bertz CT molecular complexity index is 569. The van der Waals surface area contributed by atoms with Crippen molar-refractivity contribution in [2.45, 2.75) is 25.7 Å². The summed E-state index contributed by atoms with van der Waals surface area (Å²) in [6, 6.07) is 5.23. The highest BCUT2D eigenvalue weighted by atomic mass is 79.9. The van der Waals surface area contributed by atoms with Crippen molar-refractivity contribution in [1.29, 1.82) is 0 Å². The van der Waals surface area contributed by atoms with E-state index in [0.717, 1.165) is 12.1 Å². The van der Waals surface area contributed by atoms with E-state index in [1.807, 2.05) is 34.9 Å². The van der Waals surface area contributed by atoms with Crippen LogP contribution in [0.25, 0.3) is 0 Å². The highest BCUT2D eigenvalue weighted by Gasteiger charge is 2.24. The predicted molar refractivity (Wildman–Crippen MR) is 86.4 cm³/mol. The third-order valence-electron chi connectivity index (χ3n) is 2.86. The van der Waals surface area contributed by atoms with Gasteiger partial charge in [-0.15, -0.1) is 0 Å². The fraction of sp³-hybridized carbons (Fsp3) is 0.571. The van der Waals surface area contributed by atoms with Gasteiger partial charge in [-0.1, -0.05) is 19.9 Å². The van der Waals surface area contributed by atoms with Crippen LogP contribution in [0.2, 0.25) is 0 Å². The average molecular weight is 363 g/mol. The smallest absolute Gasteiger partial charge is 0.241 e. The average Bonchev–Trinajstić information content (AvgIpc) is 2.24. The minimum Gasteiger partial charge on any atom is -0.309 e. The molecule has 1 N–H and O–H groups in total. The van der Waals surface area contributed by atoms with Gasteiger partial charge in [-0.25, -0.2) is 13.1 Å². The summed E-state index contributed by atoms with van der Waals surface area (Å²) in [7, 11) is 0.466. The zero-order valence-corrected chi connectivity index (χ0v) is 15.1. The van der Waals surface area contributed by atoms with E-state index in [9.17, 15) is 8.42 Å². The summed E-state index contributed by atoms with van der Waals surface area (Å²) < 4.78 is 28.0. The molecular weight excluding hydrogens is 340 g/mol. The second kappa shape index (κ2) is 6.56. The van der Waals surface area contributed by atoms with E-state index in [4.69, 9.17) is 0 Å². The van der Waals surface area contributed by atoms with Crippen molar-refractivity contribution in [3.8, 4) is 0 Å². The van der Waals surface area contributed by atoms with Gasteiger partial charge >= 0.3 is 0 Å². The Labute approximate surface area is 130 Å². The van der Waals surface area contributed by atoms with Crippen LogP contribution in [0.4, 0.5) is 0 Å². The summed E-state index contributed by atoms with van der Waals surface area (Å²) in [6.07, 6.45) is 0. The van der Waals surface area contributed by atoms with Crippen LogP contribution in [0, 0.1) is 12.3 Å². The molecular formula is C14H23BrN2O2S. The number of nitrogens with zero attached hydrogens (tertiary/aromatic N) is 1. The summed E-state index contributed by atoms with van der Waals surface area (Å²) in [5.74, 6) is 0. The van der Waals surface area contributed by atoms with Crippen LogP contribution in [0.15, 0.2) is 27.6 Å². The number of benzene rings is 1. The largest absolute Gasteiger partial charge is 0.309 e. The first-order chi connectivity index (χ1) is 9.03. The Hall–Kier alpha value is -0.430. The summed E-state index contributed by atoms with van der Waals surface area (Å²) >= 11 is 3.32. The fourth-order valence-corrected chi connectivity index (χ4v) is 4.54. The van der Waals surface area contributed by atoms with E-state index in [1.165, 1.54) is 0 Å². The number of aryl methyl sites for hydroxylation is 1. The molecule has 0 fully saturated rings.